The summed E-state index contributed by atoms with van der Waals surface area (Å²) >= 11 is 3.29. The van der Waals surface area contributed by atoms with Crippen LogP contribution in [0, 0.1) is 0 Å². The maximum Gasteiger partial charge on any atom is 0.172 e. The highest BCUT2D eigenvalue weighted by Gasteiger charge is 2.08. The zero-order chi connectivity index (χ0) is 12.8. The molecule has 17 heavy (non-hydrogen) atoms. The predicted molar refractivity (Wildman–Crippen MR) is 70.5 cm³/mol. The van der Waals surface area contributed by atoms with Gasteiger partial charge in [0, 0.05) is 20.2 Å². The summed E-state index contributed by atoms with van der Waals surface area (Å²) in [4.78, 5) is 0. The van der Waals surface area contributed by atoms with Crippen molar-refractivity contribution in [3.8, 4) is 11.5 Å². The Labute approximate surface area is 110 Å². The van der Waals surface area contributed by atoms with E-state index >= 15 is 0 Å². The van der Waals surface area contributed by atoms with Crippen LogP contribution in [0.25, 0.3) is 0 Å². The molecule has 0 radical (unpaired) electrons. The molecule has 0 heterocycles. The van der Waals surface area contributed by atoms with Crippen molar-refractivity contribution < 1.29 is 14.6 Å². The van der Waals surface area contributed by atoms with Gasteiger partial charge < -0.3 is 19.9 Å². The third kappa shape index (κ3) is 4.18. The Bertz CT molecular complexity index is 371. The molecule has 96 valence electrons. The van der Waals surface area contributed by atoms with E-state index in [0.717, 1.165) is 12.1 Å². The lowest BCUT2D eigenvalue weighted by Crippen LogP contribution is -2.25. The number of hydrogen-bond donors (Lipinski definition) is 2. The van der Waals surface area contributed by atoms with Gasteiger partial charge in [-0.15, -0.1) is 0 Å². The van der Waals surface area contributed by atoms with Crippen molar-refractivity contribution in [1.82, 2.24) is 5.32 Å². The van der Waals surface area contributed by atoms with Crippen LogP contribution in [-0.4, -0.2) is 32.0 Å². The van der Waals surface area contributed by atoms with Gasteiger partial charge >= 0.3 is 0 Å². The molecule has 1 aromatic carbocycles. The largest absolute Gasteiger partial charge is 0.503 e. The van der Waals surface area contributed by atoms with E-state index in [2.05, 4.69) is 21.2 Å². The summed E-state index contributed by atoms with van der Waals surface area (Å²) < 4.78 is 10.9. The molecule has 0 amide bonds. The van der Waals surface area contributed by atoms with Gasteiger partial charge in [-0.25, -0.2) is 0 Å². The number of halogens is 1. The zero-order valence-electron chi connectivity index (χ0n) is 10.3. The average molecular weight is 304 g/mol. The van der Waals surface area contributed by atoms with E-state index in [1.165, 1.54) is 7.11 Å². The van der Waals surface area contributed by atoms with Crippen LogP contribution in [0.1, 0.15) is 12.5 Å². The Kier molecular flexibility index (Phi) is 5.74. The lowest BCUT2D eigenvalue weighted by atomic mass is 10.2. The fourth-order valence-electron chi connectivity index (χ4n) is 1.39. The van der Waals surface area contributed by atoms with E-state index in [1.807, 2.05) is 19.1 Å². The molecule has 4 nitrogen and oxygen atoms in total. The van der Waals surface area contributed by atoms with Gasteiger partial charge in [-0.3, -0.25) is 0 Å². The predicted octanol–water partition coefficient (Wildman–Crippen LogP) is 2.29. The normalized spacial score (nSPS) is 12.5. The second-order valence-electron chi connectivity index (χ2n) is 3.81. The summed E-state index contributed by atoms with van der Waals surface area (Å²) in [7, 11) is 3.22. The molecule has 1 aromatic rings. The van der Waals surface area contributed by atoms with Crippen molar-refractivity contribution in [3.63, 3.8) is 0 Å². The lowest BCUT2D eigenvalue weighted by Gasteiger charge is -2.12. The van der Waals surface area contributed by atoms with E-state index in [1.54, 1.807) is 7.11 Å². The maximum atomic E-state index is 9.66. The van der Waals surface area contributed by atoms with Crippen molar-refractivity contribution in [1.29, 1.82) is 0 Å². The van der Waals surface area contributed by atoms with Crippen LogP contribution in [-0.2, 0) is 11.3 Å². The summed E-state index contributed by atoms with van der Waals surface area (Å²) in [6.07, 6.45) is 0.178. The molecule has 1 unspecified atom stereocenters. The van der Waals surface area contributed by atoms with Crippen LogP contribution in [0.3, 0.4) is 0 Å². The topological polar surface area (TPSA) is 50.7 Å². The minimum absolute atomic E-state index is 0.126. The molecule has 0 aromatic heterocycles. The van der Waals surface area contributed by atoms with Gasteiger partial charge in [0.25, 0.3) is 0 Å². The highest BCUT2D eigenvalue weighted by molar-refractivity contribution is 9.10. The van der Waals surface area contributed by atoms with Gasteiger partial charge in [0.2, 0.25) is 0 Å². The number of rotatable bonds is 6. The minimum Gasteiger partial charge on any atom is -0.503 e. The second kappa shape index (κ2) is 6.83. The van der Waals surface area contributed by atoms with Crippen molar-refractivity contribution >= 4 is 15.9 Å². The molecule has 0 spiro atoms. The number of phenols is 1. The fraction of sp³-hybridized carbons (Fsp3) is 0.500. The molecule has 0 fully saturated rings. The minimum atomic E-state index is 0.126. The van der Waals surface area contributed by atoms with Gasteiger partial charge in [0.05, 0.1) is 17.7 Å². The average Bonchev–Trinajstić information content (AvgIpc) is 2.33. The van der Waals surface area contributed by atoms with Crippen LogP contribution in [0.2, 0.25) is 0 Å². The summed E-state index contributed by atoms with van der Waals surface area (Å²) in [6, 6.07) is 3.67. The monoisotopic (exact) mass is 303 g/mol. The Morgan fingerprint density at radius 3 is 2.71 bits per heavy atom. The molecule has 0 saturated carbocycles. The molecule has 1 atom stereocenters. The van der Waals surface area contributed by atoms with Crippen LogP contribution in [0.4, 0.5) is 0 Å². The van der Waals surface area contributed by atoms with Gasteiger partial charge in [0.1, 0.15) is 0 Å². The third-order valence-electron chi connectivity index (χ3n) is 2.47. The first-order valence-electron chi connectivity index (χ1n) is 5.37. The molecule has 0 bridgehead atoms. The Hall–Kier alpha value is -0.780. The van der Waals surface area contributed by atoms with E-state index in [0.29, 0.717) is 16.8 Å². The highest BCUT2D eigenvalue weighted by Crippen LogP contribution is 2.35. The van der Waals surface area contributed by atoms with Crippen molar-refractivity contribution in [2.24, 2.45) is 0 Å². The van der Waals surface area contributed by atoms with E-state index in [-0.39, 0.29) is 11.9 Å². The van der Waals surface area contributed by atoms with Crippen LogP contribution in [0.15, 0.2) is 16.6 Å². The van der Waals surface area contributed by atoms with E-state index in [4.69, 9.17) is 9.47 Å². The summed E-state index contributed by atoms with van der Waals surface area (Å²) in [5.74, 6) is 0.595. The van der Waals surface area contributed by atoms with E-state index < -0.39 is 0 Å². The maximum absolute atomic E-state index is 9.66. The molecule has 1 rings (SSSR count). The number of ether oxygens (including phenoxy) is 2. The summed E-state index contributed by atoms with van der Waals surface area (Å²) in [6.45, 7) is 3.47. The lowest BCUT2D eigenvalue weighted by molar-refractivity contribution is 0.117. The quantitative estimate of drug-likeness (QED) is 0.846. The van der Waals surface area contributed by atoms with Crippen LogP contribution < -0.4 is 10.1 Å². The van der Waals surface area contributed by atoms with Gasteiger partial charge in [-0.2, -0.15) is 0 Å². The van der Waals surface area contributed by atoms with Crippen LogP contribution in [0.5, 0.6) is 11.5 Å². The standard InChI is InChI=1S/C12H18BrNO3/c1-8(16-2)6-14-7-9-4-10(13)12(15)11(5-9)17-3/h4-5,8,14-15H,6-7H2,1-3H3. The van der Waals surface area contributed by atoms with Crippen molar-refractivity contribution in [3.05, 3.63) is 22.2 Å². The number of aromatic hydroxyl groups is 1. The first kappa shape index (κ1) is 14.3. The first-order valence-corrected chi connectivity index (χ1v) is 6.16. The Morgan fingerprint density at radius 2 is 2.12 bits per heavy atom. The molecule has 5 heteroatoms. The van der Waals surface area contributed by atoms with Crippen LogP contribution >= 0.6 is 15.9 Å². The molecule has 0 aliphatic carbocycles. The number of phenolic OH excluding ortho intramolecular Hbond substituents is 1. The Balaban J connectivity index is 2.63. The smallest absolute Gasteiger partial charge is 0.172 e. The fourth-order valence-corrected chi connectivity index (χ4v) is 1.88. The van der Waals surface area contributed by atoms with Gasteiger partial charge in [-0.1, -0.05) is 0 Å². The molecule has 0 aliphatic rings. The zero-order valence-corrected chi connectivity index (χ0v) is 11.9. The van der Waals surface area contributed by atoms with Gasteiger partial charge in [-0.05, 0) is 40.5 Å². The molecular formula is C12H18BrNO3. The molecule has 0 aliphatic heterocycles. The van der Waals surface area contributed by atoms with Gasteiger partial charge in [0.15, 0.2) is 11.5 Å². The van der Waals surface area contributed by atoms with E-state index in [9.17, 15) is 5.11 Å². The van der Waals surface area contributed by atoms with Crippen molar-refractivity contribution in [2.45, 2.75) is 19.6 Å². The number of benzene rings is 1. The number of methoxy groups -OCH3 is 2. The summed E-state index contributed by atoms with van der Waals surface area (Å²) in [5.41, 5.74) is 1.04. The number of nitrogens with one attached hydrogen (secondary N) is 1. The summed E-state index contributed by atoms with van der Waals surface area (Å²) in [5, 5.41) is 12.9. The molecular weight excluding hydrogens is 286 g/mol. The Morgan fingerprint density at radius 1 is 1.41 bits per heavy atom. The SMILES string of the molecule is COc1cc(CNCC(C)OC)cc(Br)c1O. The highest BCUT2D eigenvalue weighted by atomic mass is 79.9. The van der Waals surface area contributed by atoms with Crippen molar-refractivity contribution in [2.75, 3.05) is 20.8 Å². The molecule has 0 saturated heterocycles. The second-order valence-corrected chi connectivity index (χ2v) is 4.66. The first-order chi connectivity index (χ1) is 8.08. The number of hydrogen-bond acceptors (Lipinski definition) is 4. The third-order valence-corrected chi connectivity index (χ3v) is 3.08. The molecule has 2 N–H and O–H groups in total.